The fraction of sp³-hybridized carbons (Fsp3) is 0.403. The number of allylic oxidation sites excluding steroid dienone is 6. The molecule has 7 rings (SSSR count). The van der Waals surface area contributed by atoms with Gasteiger partial charge in [-0.05, 0) is 182 Å². The van der Waals surface area contributed by atoms with Crippen molar-refractivity contribution in [3.63, 3.8) is 0 Å². The lowest BCUT2D eigenvalue weighted by molar-refractivity contribution is -0.666. The first-order valence-electron chi connectivity index (χ1n) is 26.8. The molecule has 1 aromatic heterocycles. The Bertz CT molecular complexity index is 3030. The van der Waals surface area contributed by atoms with E-state index >= 15 is 0 Å². The molecule has 5 aromatic rings. The van der Waals surface area contributed by atoms with Gasteiger partial charge in [0.05, 0.1) is 16.9 Å². The summed E-state index contributed by atoms with van der Waals surface area (Å²) in [6.45, 7) is 26.5. The topological polar surface area (TPSA) is 175 Å². The number of hydrogen-bond acceptors (Lipinski definition) is 9. The van der Waals surface area contributed by atoms with Crippen LogP contribution in [0.3, 0.4) is 0 Å². The van der Waals surface area contributed by atoms with Crippen molar-refractivity contribution in [3.8, 4) is 11.1 Å². The van der Waals surface area contributed by atoms with Gasteiger partial charge >= 0.3 is 0 Å². The highest BCUT2D eigenvalue weighted by Crippen LogP contribution is 2.34. The van der Waals surface area contributed by atoms with E-state index in [9.17, 15) is 9.59 Å². The number of hydrogen-bond donors (Lipinski definition) is 7. The molecule has 12 nitrogen and oxygen atoms in total. The average Bonchev–Trinajstić information content (AvgIpc) is 3.35. The molecule has 0 bridgehead atoms. The Balaban J connectivity index is 0.756. The standard InChI is InChI=1S/C62H80N10O2/c1-39(2)71-62(10)38-51(64)42(6)35-59(62)70-54-33-43(7)52(32-45(54)9)65-27-15-11-13-17-29-67-60(73)48-23-19-46(20-24-48)47-21-25-49(26-22-47)61(74)68-30-18-14-12-16-28-66-53-37-58-56(34-44(53)8)69-55-31-41(5)50(63)36-57(55)72(58)40(3)4/h19-26,31-37,39-40,65,71H,9,11-18,27-30,38,64H2,1-8,10H3,(H4,63,66,67,68,73,74)/p+1. The van der Waals surface area contributed by atoms with Crippen LogP contribution in [0.4, 0.5) is 11.4 Å². The van der Waals surface area contributed by atoms with Crippen molar-refractivity contribution in [2.24, 2.45) is 10.7 Å². The van der Waals surface area contributed by atoms with Crippen molar-refractivity contribution in [2.75, 3.05) is 37.2 Å². The summed E-state index contributed by atoms with van der Waals surface area (Å²) in [7, 11) is 0. The van der Waals surface area contributed by atoms with E-state index < -0.39 is 0 Å². The monoisotopic (exact) mass is 998 g/mol. The maximum absolute atomic E-state index is 13.0. The minimum absolute atomic E-state index is 0.0695. The predicted molar refractivity (Wildman–Crippen MR) is 308 cm³/mol. The minimum atomic E-state index is -0.351. The van der Waals surface area contributed by atoms with E-state index in [0.29, 0.717) is 30.6 Å². The normalized spacial score (nSPS) is 16.5. The van der Waals surface area contributed by atoms with Crippen molar-refractivity contribution in [1.82, 2.24) is 26.3 Å². The van der Waals surface area contributed by atoms with Crippen molar-refractivity contribution < 1.29 is 14.2 Å². The Hall–Kier alpha value is -7.05. The molecule has 4 aromatic carbocycles. The van der Waals surface area contributed by atoms with Gasteiger partial charge in [-0.2, -0.15) is 4.57 Å². The fourth-order valence-electron chi connectivity index (χ4n) is 9.99. The molecule has 9 N–H and O–H groups in total. The SMILES string of the molecule is C=C1C=C(NCCCCCCNC(=O)c2ccc(-c3ccc(C(=O)NCCCCCCNc4cc5c(cc4C)nc4cc(C)c(N)cc4[n+]5C(C)C)cc3)cc2)C(C)=CC1=NC1=CC(C)=C(N)CC1(C)NC(C)C. The van der Waals surface area contributed by atoms with Crippen LogP contribution in [0, 0.1) is 13.8 Å². The first kappa shape index (κ1) is 54.7. The predicted octanol–water partition coefficient (Wildman–Crippen LogP) is 11.5. The molecule has 2 amide bonds. The van der Waals surface area contributed by atoms with Gasteiger partial charge in [-0.15, -0.1) is 0 Å². The Morgan fingerprint density at radius 2 is 1.22 bits per heavy atom. The Morgan fingerprint density at radius 1 is 0.689 bits per heavy atom. The number of carbonyl (C=O) groups is 2. The number of nitrogens with two attached hydrogens (primary N) is 2. The summed E-state index contributed by atoms with van der Waals surface area (Å²) in [6, 6.07) is 24.3. The van der Waals surface area contributed by atoms with Crippen LogP contribution >= 0.6 is 0 Å². The van der Waals surface area contributed by atoms with Gasteiger partial charge < -0.3 is 38.1 Å². The third kappa shape index (κ3) is 13.8. The Kier molecular flexibility index (Phi) is 18.3. The summed E-state index contributed by atoms with van der Waals surface area (Å²) in [5.74, 6) is -0.142. The van der Waals surface area contributed by atoms with Crippen molar-refractivity contribution >= 4 is 51.0 Å². The maximum Gasteiger partial charge on any atom is 0.251 e. The molecule has 12 heteroatoms. The van der Waals surface area contributed by atoms with E-state index in [4.69, 9.17) is 21.4 Å². The number of nitrogens with zero attached hydrogens (tertiary/aromatic N) is 3. The lowest BCUT2D eigenvalue weighted by Gasteiger charge is -2.37. The Morgan fingerprint density at radius 3 is 1.77 bits per heavy atom. The van der Waals surface area contributed by atoms with Gasteiger partial charge in [0.15, 0.2) is 6.04 Å². The number of amides is 2. The van der Waals surface area contributed by atoms with Gasteiger partial charge in [0.25, 0.3) is 11.8 Å². The smallest absolute Gasteiger partial charge is 0.251 e. The van der Waals surface area contributed by atoms with Crippen molar-refractivity contribution in [1.29, 1.82) is 0 Å². The molecular weight excluding hydrogens is 917 g/mol. The molecule has 1 heterocycles. The van der Waals surface area contributed by atoms with Crippen molar-refractivity contribution in [2.45, 2.75) is 138 Å². The van der Waals surface area contributed by atoms with Gasteiger partial charge in [-0.25, -0.2) is 4.98 Å². The molecule has 74 heavy (non-hydrogen) atoms. The van der Waals surface area contributed by atoms with Crippen LogP contribution < -0.4 is 42.6 Å². The molecule has 390 valence electrons. The molecule has 1 unspecified atom stereocenters. The number of aromatic nitrogens is 2. The highest BCUT2D eigenvalue weighted by molar-refractivity contribution is 6.12. The van der Waals surface area contributed by atoms with E-state index in [1.807, 2.05) is 68.4 Å². The molecule has 0 fully saturated rings. The number of fused-ring (bicyclic) bond motifs is 2. The number of carbonyl (C=O) groups excluding carboxylic acids is 2. The average molecular weight is 998 g/mol. The lowest BCUT2D eigenvalue weighted by Crippen LogP contribution is -2.49. The second-order valence-corrected chi connectivity index (χ2v) is 21.2. The van der Waals surface area contributed by atoms with Gasteiger partial charge in [0.2, 0.25) is 11.0 Å². The van der Waals surface area contributed by atoms with E-state index in [1.165, 1.54) is 5.56 Å². The van der Waals surface area contributed by atoms with Crippen molar-refractivity contribution in [3.05, 3.63) is 154 Å². The second kappa shape index (κ2) is 24.8. The summed E-state index contributed by atoms with van der Waals surface area (Å²) < 4.78 is 2.33. The first-order chi connectivity index (χ1) is 35.4. The van der Waals surface area contributed by atoms with Gasteiger partial charge in [-0.1, -0.05) is 56.5 Å². The summed E-state index contributed by atoms with van der Waals surface area (Å²) >= 11 is 0. The molecule has 0 aliphatic heterocycles. The fourth-order valence-corrected chi connectivity index (χ4v) is 9.99. The van der Waals surface area contributed by atoms with Crippen LogP contribution in [0.1, 0.15) is 144 Å². The molecule has 0 radical (unpaired) electrons. The number of anilines is 2. The van der Waals surface area contributed by atoms with Crippen LogP contribution in [-0.2, 0) is 0 Å². The molecule has 2 aliphatic carbocycles. The molecule has 0 saturated carbocycles. The van der Waals surface area contributed by atoms with E-state index in [0.717, 1.165) is 154 Å². The number of nitrogen functional groups attached to an aromatic ring is 1. The summed E-state index contributed by atoms with van der Waals surface area (Å²) in [4.78, 5) is 36.0. The van der Waals surface area contributed by atoms with Gasteiger partial charge in [0.1, 0.15) is 11.0 Å². The zero-order valence-corrected chi connectivity index (χ0v) is 45.5. The Labute approximate surface area is 440 Å². The lowest BCUT2D eigenvalue weighted by atomic mass is 9.84. The zero-order valence-electron chi connectivity index (χ0n) is 45.5. The van der Waals surface area contributed by atoms with Gasteiger partial charge in [-0.3, -0.25) is 14.6 Å². The molecule has 0 spiro atoms. The zero-order chi connectivity index (χ0) is 53.1. The number of benzene rings is 4. The quantitative estimate of drug-likeness (QED) is 0.0146. The van der Waals surface area contributed by atoms with E-state index in [-0.39, 0.29) is 29.4 Å². The number of nitrogens with one attached hydrogen (secondary N) is 5. The number of aryl methyl sites for hydroxylation is 2. The molecule has 1 atom stereocenters. The van der Waals surface area contributed by atoms with Crippen LogP contribution in [-0.4, -0.2) is 60.3 Å². The number of unbranched alkanes of at least 4 members (excludes halogenated alkanes) is 6. The molecule has 2 aliphatic rings. The summed E-state index contributed by atoms with van der Waals surface area (Å²) in [5, 5.41) is 17.1. The highest BCUT2D eigenvalue weighted by Gasteiger charge is 2.34. The van der Waals surface area contributed by atoms with Crippen LogP contribution in [0.2, 0.25) is 0 Å². The summed E-state index contributed by atoms with van der Waals surface area (Å²) in [6.07, 6.45) is 15.1. The van der Waals surface area contributed by atoms with E-state index in [1.54, 1.807) is 0 Å². The first-order valence-corrected chi connectivity index (χ1v) is 26.8. The minimum Gasteiger partial charge on any atom is -0.402 e. The largest absolute Gasteiger partial charge is 0.402 e. The number of aliphatic imine (C=N–C) groups is 1. The molecular formula is C62H81N10O2+. The van der Waals surface area contributed by atoms with Gasteiger partial charge in [0, 0.05) is 84.7 Å². The maximum atomic E-state index is 13.0. The number of rotatable bonds is 23. The van der Waals surface area contributed by atoms with Crippen LogP contribution in [0.15, 0.2) is 136 Å². The third-order valence-electron chi connectivity index (χ3n) is 14.2. The van der Waals surface area contributed by atoms with Crippen LogP contribution in [0.5, 0.6) is 0 Å². The second-order valence-electron chi connectivity index (χ2n) is 21.2. The highest BCUT2D eigenvalue weighted by atomic mass is 16.2. The summed E-state index contributed by atoms with van der Waals surface area (Å²) in [5.41, 5.74) is 30.7. The van der Waals surface area contributed by atoms with Crippen LogP contribution in [0.25, 0.3) is 33.2 Å². The molecule has 0 saturated heterocycles. The van der Waals surface area contributed by atoms with E-state index in [2.05, 4.69) is 123 Å². The third-order valence-corrected chi connectivity index (χ3v) is 14.2.